The number of amides is 1. The Morgan fingerprint density at radius 1 is 1.18 bits per heavy atom. The van der Waals surface area contributed by atoms with Crippen molar-refractivity contribution in [3.8, 4) is 5.75 Å². The third-order valence-electron chi connectivity index (χ3n) is 4.91. The van der Waals surface area contributed by atoms with Crippen LogP contribution in [0.2, 0.25) is 5.02 Å². The number of benzene rings is 2. The van der Waals surface area contributed by atoms with Gasteiger partial charge >= 0.3 is 6.09 Å². The second-order valence-electron chi connectivity index (χ2n) is 6.65. The molecule has 0 radical (unpaired) electrons. The summed E-state index contributed by atoms with van der Waals surface area (Å²) >= 11 is 5.71. The van der Waals surface area contributed by atoms with Gasteiger partial charge in [0.05, 0.1) is 5.56 Å². The standard InChI is InChI=1S/C21H19ClFNO4/c22-15-6-4-14(18(23)12-15)5-7-19(25)17-3-1-2-16(20(17)26)13-8-10-24(11-9-13)21(27)28/h1-7,12-13,26H,8-11H2,(H,27,28)/b7-5+. The molecule has 3 rings (SSSR count). The maximum atomic E-state index is 13.8. The number of allylic oxidation sites excluding steroid dienone is 1. The van der Waals surface area contributed by atoms with Crippen LogP contribution in [0.15, 0.2) is 42.5 Å². The summed E-state index contributed by atoms with van der Waals surface area (Å²) in [5.74, 6) is -1.13. The number of carbonyl (C=O) groups excluding carboxylic acids is 1. The lowest BCUT2D eigenvalue weighted by molar-refractivity contribution is 0.104. The van der Waals surface area contributed by atoms with Crippen molar-refractivity contribution < 1.29 is 24.2 Å². The van der Waals surface area contributed by atoms with Gasteiger partial charge in [-0.3, -0.25) is 4.79 Å². The quantitative estimate of drug-likeness (QED) is 0.560. The lowest BCUT2D eigenvalue weighted by Gasteiger charge is -2.30. The van der Waals surface area contributed by atoms with Crippen LogP contribution in [0.1, 0.15) is 40.2 Å². The number of carboxylic acid groups (broad SMARTS) is 1. The molecule has 0 unspecified atom stereocenters. The van der Waals surface area contributed by atoms with Crippen molar-refractivity contribution in [1.82, 2.24) is 4.90 Å². The molecule has 1 aliphatic rings. The topological polar surface area (TPSA) is 77.8 Å². The van der Waals surface area contributed by atoms with Crippen molar-refractivity contribution in [2.75, 3.05) is 13.1 Å². The van der Waals surface area contributed by atoms with Crippen molar-refractivity contribution in [1.29, 1.82) is 0 Å². The molecule has 0 atom stereocenters. The van der Waals surface area contributed by atoms with Gasteiger partial charge in [0, 0.05) is 23.7 Å². The zero-order valence-electron chi connectivity index (χ0n) is 14.9. The fraction of sp³-hybridized carbons (Fsp3) is 0.238. The molecule has 0 spiro atoms. The fourth-order valence-electron chi connectivity index (χ4n) is 3.36. The molecule has 0 saturated carbocycles. The molecule has 1 amide bonds. The van der Waals surface area contributed by atoms with Crippen molar-refractivity contribution in [2.45, 2.75) is 18.8 Å². The SMILES string of the molecule is O=C(/C=C/c1ccc(Cl)cc1F)c1cccc(C2CCN(C(=O)O)CC2)c1O. The lowest BCUT2D eigenvalue weighted by atomic mass is 9.87. The molecule has 0 bridgehead atoms. The van der Waals surface area contributed by atoms with Gasteiger partial charge in [-0.15, -0.1) is 0 Å². The lowest BCUT2D eigenvalue weighted by Crippen LogP contribution is -2.36. The van der Waals surface area contributed by atoms with Gasteiger partial charge in [0.15, 0.2) is 5.78 Å². The molecule has 5 nitrogen and oxygen atoms in total. The highest BCUT2D eigenvalue weighted by Gasteiger charge is 2.26. The van der Waals surface area contributed by atoms with E-state index in [0.717, 1.165) is 6.07 Å². The molecule has 2 aromatic carbocycles. The van der Waals surface area contributed by atoms with Gasteiger partial charge in [-0.2, -0.15) is 0 Å². The number of ketones is 1. The van der Waals surface area contributed by atoms with Gasteiger partial charge < -0.3 is 15.1 Å². The predicted molar refractivity (Wildman–Crippen MR) is 104 cm³/mol. The largest absolute Gasteiger partial charge is 0.507 e. The van der Waals surface area contributed by atoms with Gasteiger partial charge in [-0.05, 0) is 54.7 Å². The van der Waals surface area contributed by atoms with Crippen LogP contribution in [0.3, 0.4) is 0 Å². The van der Waals surface area contributed by atoms with Crippen LogP contribution in [0, 0.1) is 5.82 Å². The van der Waals surface area contributed by atoms with E-state index in [1.54, 1.807) is 12.1 Å². The molecule has 1 fully saturated rings. The Bertz CT molecular complexity index is 936. The minimum Gasteiger partial charge on any atom is -0.507 e. The zero-order valence-corrected chi connectivity index (χ0v) is 15.7. The fourth-order valence-corrected chi connectivity index (χ4v) is 3.52. The van der Waals surface area contributed by atoms with Crippen LogP contribution in [-0.4, -0.2) is 40.1 Å². The normalized spacial score (nSPS) is 15.1. The number of halogens is 2. The van der Waals surface area contributed by atoms with Crippen LogP contribution >= 0.6 is 11.6 Å². The number of hydrogen-bond acceptors (Lipinski definition) is 3. The first-order valence-electron chi connectivity index (χ1n) is 8.84. The molecular formula is C21H19ClFNO4. The number of nitrogens with zero attached hydrogens (tertiary/aromatic N) is 1. The number of para-hydroxylation sites is 1. The van der Waals surface area contributed by atoms with Crippen molar-refractivity contribution >= 4 is 29.6 Å². The Hall–Kier alpha value is -2.86. The molecule has 0 aliphatic carbocycles. The molecule has 7 heteroatoms. The average Bonchev–Trinajstić information content (AvgIpc) is 2.67. The Morgan fingerprint density at radius 2 is 1.89 bits per heavy atom. The number of piperidine rings is 1. The van der Waals surface area contributed by atoms with Gasteiger partial charge in [0.1, 0.15) is 11.6 Å². The summed E-state index contributed by atoms with van der Waals surface area (Å²) in [6.07, 6.45) is 2.74. The van der Waals surface area contributed by atoms with Crippen molar-refractivity contribution in [3.63, 3.8) is 0 Å². The number of likely N-dealkylation sites (tertiary alicyclic amines) is 1. The van der Waals surface area contributed by atoms with Crippen LogP contribution in [-0.2, 0) is 0 Å². The summed E-state index contributed by atoms with van der Waals surface area (Å²) in [4.78, 5) is 24.9. The monoisotopic (exact) mass is 403 g/mol. The smallest absolute Gasteiger partial charge is 0.407 e. The van der Waals surface area contributed by atoms with Crippen molar-refractivity contribution in [3.05, 3.63) is 70.0 Å². The third-order valence-corrected chi connectivity index (χ3v) is 5.15. The van der Waals surface area contributed by atoms with E-state index in [4.69, 9.17) is 16.7 Å². The number of carbonyl (C=O) groups is 2. The Balaban J connectivity index is 1.78. The van der Waals surface area contributed by atoms with E-state index >= 15 is 0 Å². The minimum absolute atomic E-state index is 0.0268. The van der Waals surface area contributed by atoms with Crippen LogP contribution in [0.5, 0.6) is 5.75 Å². The molecule has 2 N–H and O–H groups in total. The van der Waals surface area contributed by atoms with E-state index < -0.39 is 17.7 Å². The van der Waals surface area contributed by atoms with E-state index in [9.17, 15) is 19.1 Å². The maximum Gasteiger partial charge on any atom is 0.407 e. The second kappa shape index (κ2) is 8.44. The molecule has 146 valence electrons. The van der Waals surface area contributed by atoms with Crippen LogP contribution < -0.4 is 0 Å². The zero-order chi connectivity index (χ0) is 20.3. The summed E-state index contributed by atoms with van der Waals surface area (Å²) in [5, 5.41) is 19.9. The minimum atomic E-state index is -0.953. The van der Waals surface area contributed by atoms with Crippen LogP contribution in [0.25, 0.3) is 6.08 Å². The Labute approximate surface area is 166 Å². The van der Waals surface area contributed by atoms with E-state index in [2.05, 4.69) is 0 Å². The highest BCUT2D eigenvalue weighted by Crippen LogP contribution is 2.36. The molecule has 0 aromatic heterocycles. The number of rotatable bonds is 4. The first-order valence-corrected chi connectivity index (χ1v) is 9.22. The third kappa shape index (κ3) is 4.34. The molecule has 1 aliphatic heterocycles. The van der Waals surface area contributed by atoms with Gasteiger partial charge in [-0.1, -0.05) is 29.8 Å². The summed E-state index contributed by atoms with van der Waals surface area (Å²) < 4.78 is 13.8. The summed E-state index contributed by atoms with van der Waals surface area (Å²) in [7, 11) is 0. The van der Waals surface area contributed by atoms with Gasteiger partial charge in [-0.25, -0.2) is 9.18 Å². The number of hydrogen-bond donors (Lipinski definition) is 2. The van der Waals surface area contributed by atoms with E-state index in [1.807, 2.05) is 0 Å². The summed E-state index contributed by atoms with van der Waals surface area (Å²) in [6, 6.07) is 9.09. The molecule has 1 saturated heterocycles. The number of phenols is 1. The highest BCUT2D eigenvalue weighted by molar-refractivity contribution is 6.30. The van der Waals surface area contributed by atoms with Gasteiger partial charge in [0.25, 0.3) is 0 Å². The maximum absolute atomic E-state index is 13.8. The Morgan fingerprint density at radius 3 is 2.54 bits per heavy atom. The summed E-state index contributed by atoms with van der Waals surface area (Å²) in [6.45, 7) is 0.765. The molecule has 2 aromatic rings. The van der Waals surface area contributed by atoms with E-state index in [1.165, 1.54) is 35.3 Å². The van der Waals surface area contributed by atoms with Crippen LogP contribution in [0.4, 0.5) is 9.18 Å². The van der Waals surface area contributed by atoms with E-state index in [0.29, 0.717) is 31.5 Å². The van der Waals surface area contributed by atoms with E-state index in [-0.39, 0.29) is 27.8 Å². The van der Waals surface area contributed by atoms with Crippen molar-refractivity contribution in [2.24, 2.45) is 0 Å². The number of aromatic hydroxyl groups is 1. The summed E-state index contributed by atoms with van der Waals surface area (Å²) in [5.41, 5.74) is 0.972. The molecular weight excluding hydrogens is 385 g/mol. The number of phenolic OH excluding ortho intramolecular Hbond substituents is 1. The first-order chi connectivity index (χ1) is 13.4. The predicted octanol–water partition coefficient (Wildman–Crippen LogP) is 4.94. The average molecular weight is 404 g/mol. The first kappa shape index (κ1) is 19.9. The molecule has 1 heterocycles. The Kier molecular flexibility index (Phi) is 5.99. The van der Waals surface area contributed by atoms with Gasteiger partial charge in [0.2, 0.25) is 0 Å². The molecule has 28 heavy (non-hydrogen) atoms. The highest BCUT2D eigenvalue weighted by atomic mass is 35.5. The second-order valence-corrected chi connectivity index (χ2v) is 7.09.